The van der Waals surface area contributed by atoms with E-state index >= 15 is 0 Å². The molecule has 2 heterocycles. The van der Waals surface area contributed by atoms with E-state index in [1.54, 1.807) is 0 Å². The smallest absolute Gasteiger partial charge is 0.303 e. The molecule has 2 aliphatic rings. The van der Waals surface area contributed by atoms with Crippen LogP contribution < -0.4 is 0 Å². The second-order valence-corrected chi connectivity index (χ2v) is 13.5. The van der Waals surface area contributed by atoms with Crippen LogP contribution in [-0.4, -0.2) is 68.1 Å². The molecular formula is C32H56O7. The summed E-state index contributed by atoms with van der Waals surface area (Å²) in [6.07, 6.45) is 8.31. The monoisotopic (exact) mass is 552 g/mol. The lowest BCUT2D eigenvalue weighted by Crippen LogP contribution is -2.48. The Morgan fingerprint density at radius 2 is 1.31 bits per heavy atom. The van der Waals surface area contributed by atoms with E-state index in [1.165, 1.54) is 18.1 Å². The average molecular weight is 553 g/mol. The highest BCUT2D eigenvalue weighted by Crippen LogP contribution is 2.43. The Morgan fingerprint density at radius 1 is 0.872 bits per heavy atom. The van der Waals surface area contributed by atoms with Crippen molar-refractivity contribution in [2.24, 2.45) is 0 Å². The van der Waals surface area contributed by atoms with Gasteiger partial charge < -0.3 is 29.5 Å². The first kappa shape index (κ1) is 34.0. The van der Waals surface area contributed by atoms with Crippen LogP contribution in [0, 0.1) is 0 Å². The first-order chi connectivity index (χ1) is 17.9. The van der Waals surface area contributed by atoms with Crippen molar-refractivity contribution >= 4 is 5.97 Å². The molecule has 2 aliphatic heterocycles. The highest BCUT2D eigenvalue weighted by molar-refractivity contribution is 5.66. The second kappa shape index (κ2) is 13.6. The predicted molar refractivity (Wildman–Crippen MR) is 154 cm³/mol. The lowest BCUT2D eigenvalue weighted by Gasteiger charge is -2.38. The van der Waals surface area contributed by atoms with Gasteiger partial charge in [0.25, 0.3) is 0 Å². The van der Waals surface area contributed by atoms with Crippen LogP contribution in [0.25, 0.3) is 0 Å². The molecule has 3 N–H and O–H groups in total. The number of rotatable bonds is 14. The zero-order chi connectivity index (χ0) is 29.6. The van der Waals surface area contributed by atoms with Gasteiger partial charge in [-0.05, 0) is 120 Å². The van der Waals surface area contributed by atoms with Gasteiger partial charge in [-0.1, -0.05) is 23.3 Å². The van der Waals surface area contributed by atoms with Gasteiger partial charge in [-0.15, -0.1) is 0 Å². The summed E-state index contributed by atoms with van der Waals surface area (Å²) in [4.78, 5) is 12.0. The molecule has 0 aromatic carbocycles. The molecule has 0 aromatic heterocycles. The molecule has 2 saturated heterocycles. The number of ether oxygens (including phenoxy) is 3. The molecule has 0 bridgehead atoms. The van der Waals surface area contributed by atoms with Crippen LogP contribution in [0.15, 0.2) is 23.3 Å². The Hall–Kier alpha value is -1.25. The highest BCUT2D eigenvalue weighted by atomic mass is 16.6. The molecule has 0 amide bonds. The summed E-state index contributed by atoms with van der Waals surface area (Å²) in [5.74, 6) is -0.395. The molecule has 0 saturated carbocycles. The quantitative estimate of drug-likeness (QED) is 0.181. The lowest BCUT2D eigenvalue weighted by molar-refractivity contribution is -0.187. The summed E-state index contributed by atoms with van der Waals surface area (Å²) < 4.78 is 18.5. The summed E-state index contributed by atoms with van der Waals surface area (Å²) in [5.41, 5.74) is -1.08. The summed E-state index contributed by atoms with van der Waals surface area (Å²) in [6.45, 7) is 17.0. The molecule has 0 aliphatic carbocycles. The van der Waals surface area contributed by atoms with Crippen LogP contribution in [0.5, 0.6) is 0 Å². The van der Waals surface area contributed by atoms with E-state index in [9.17, 15) is 20.1 Å². The zero-order valence-electron chi connectivity index (χ0n) is 26.0. The Morgan fingerprint density at radius 3 is 1.74 bits per heavy atom. The maximum atomic E-state index is 12.0. The van der Waals surface area contributed by atoms with E-state index in [0.29, 0.717) is 51.4 Å². The van der Waals surface area contributed by atoms with E-state index in [2.05, 4.69) is 12.2 Å². The first-order valence-corrected chi connectivity index (χ1v) is 14.8. The summed E-state index contributed by atoms with van der Waals surface area (Å²) >= 11 is 0. The standard InChI is InChI=1S/C32H56O7/c1-22(2)12-10-18-29(6,35)26-16-20-31(8,38-26)25(34)14-15-28(37-24(5)33)32(9)21-17-27(39-32)30(7,36)19-11-13-23(3)4/h12-13,25-28,34-36H,10-11,14-21H2,1-9H3/t25-,26+,27-,28+,29+,30+,31+,32-/m1/s1. The Kier molecular flexibility index (Phi) is 11.8. The van der Waals surface area contributed by atoms with Crippen LogP contribution >= 0.6 is 0 Å². The molecule has 2 fully saturated rings. The van der Waals surface area contributed by atoms with Gasteiger partial charge in [0.15, 0.2) is 0 Å². The van der Waals surface area contributed by atoms with Crippen LogP contribution in [0.1, 0.15) is 127 Å². The van der Waals surface area contributed by atoms with Gasteiger partial charge in [-0.3, -0.25) is 4.79 Å². The van der Waals surface area contributed by atoms with Crippen molar-refractivity contribution in [3.63, 3.8) is 0 Å². The van der Waals surface area contributed by atoms with Gasteiger partial charge in [-0.25, -0.2) is 0 Å². The SMILES string of the molecule is CC(=O)O[C@@H](CC[C@@H](O)[C@]1(C)CC[C@@H]([C@@](C)(O)CCC=C(C)C)O1)[C@@]1(C)CC[C@H]([C@@](C)(O)CCC=C(C)C)O1. The zero-order valence-corrected chi connectivity index (χ0v) is 26.0. The molecule has 39 heavy (non-hydrogen) atoms. The summed E-state index contributed by atoms with van der Waals surface area (Å²) in [5, 5.41) is 33.5. The minimum atomic E-state index is -0.993. The van der Waals surface area contributed by atoms with Gasteiger partial charge >= 0.3 is 5.97 Å². The molecular weight excluding hydrogens is 496 g/mol. The van der Waals surface area contributed by atoms with E-state index in [0.717, 1.165) is 12.8 Å². The van der Waals surface area contributed by atoms with Gasteiger partial charge in [0.2, 0.25) is 0 Å². The van der Waals surface area contributed by atoms with Crippen molar-refractivity contribution in [3.8, 4) is 0 Å². The van der Waals surface area contributed by atoms with Crippen LogP contribution in [-0.2, 0) is 19.0 Å². The minimum absolute atomic E-state index is 0.350. The number of esters is 1. The van der Waals surface area contributed by atoms with Crippen molar-refractivity contribution in [2.45, 2.75) is 173 Å². The van der Waals surface area contributed by atoms with Gasteiger partial charge in [0.1, 0.15) is 11.7 Å². The lowest BCUT2D eigenvalue weighted by atomic mass is 9.86. The Labute approximate surface area is 237 Å². The molecule has 0 unspecified atom stereocenters. The van der Waals surface area contributed by atoms with Gasteiger partial charge in [0.05, 0.1) is 35.1 Å². The second-order valence-electron chi connectivity index (χ2n) is 13.5. The average Bonchev–Trinajstić information content (AvgIpc) is 3.41. The van der Waals surface area contributed by atoms with Crippen molar-refractivity contribution in [3.05, 3.63) is 23.3 Å². The van der Waals surface area contributed by atoms with Crippen molar-refractivity contribution in [1.29, 1.82) is 0 Å². The predicted octanol–water partition coefficient (Wildman–Crippen LogP) is 5.93. The first-order valence-electron chi connectivity index (χ1n) is 14.8. The number of aliphatic hydroxyl groups excluding tert-OH is 1. The number of hydrogen-bond donors (Lipinski definition) is 3. The van der Waals surface area contributed by atoms with Crippen molar-refractivity contribution in [2.75, 3.05) is 0 Å². The fourth-order valence-corrected chi connectivity index (χ4v) is 6.01. The largest absolute Gasteiger partial charge is 0.459 e. The van der Waals surface area contributed by atoms with Crippen LogP contribution in [0.3, 0.4) is 0 Å². The Balaban J connectivity index is 2.02. The third-order valence-corrected chi connectivity index (χ3v) is 8.82. The third-order valence-electron chi connectivity index (χ3n) is 8.82. The van der Waals surface area contributed by atoms with Gasteiger partial charge in [0, 0.05) is 6.92 Å². The molecule has 8 atom stereocenters. The van der Waals surface area contributed by atoms with E-state index in [1.807, 2.05) is 55.4 Å². The van der Waals surface area contributed by atoms with Gasteiger partial charge in [-0.2, -0.15) is 0 Å². The van der Waals surface area contributed by atoms with Crippen LogP contribution in [0.4, 0.5) is 0 Å². The van der Waals surface area contributed by atoms with E-state index in [4.69, 9.17) is 14.2 Å². The third kappa shape index (κ3) is 9.67. The molecule has 2 rings (SSSR count). The number of allylic oxidation sites excluding steroid dienone is 4. The van der Waals surface area contributed by atoms with Crippen LogP contribution in [0.2, 0.25) is 0 Å². The molecule has 0 radical (unpaired) electrons. The summed E-state index contributed by atoms with van der Waals surface area (Å²) in [6, 6.07) is 0. The van der Waals surface area contributed by atoms with E-state index in [-0.39, 0.29) is 12.2 Å². The number of carbonyl (C=O) groups excluding carboxylic acids is 1. The normalized spacial score (nSPS) is 31.6. The topological polar surface area (TPSA) is 105 Å². The molecule has 7 nitrogen and oxygen atoms in total. The number of aliphatic hydroxyl groups is 3. The van der Waals surface area contributed by atoms with E-state index < -0.39 is 40.6 Å². The number of carbonyl (C=O) groups is 1. The minimum Gasteiger partial charge on any atom is -0.459 e. The summed E-state index contributed by atoms with van der Waals surface area (Å²) in [7, 11) is 0. The fourth-order valence-electron chi connectivity index (χ4n) is 6.01. The molecule has 0 spiro atoms. The maximum absolute atomic E-state index is 12.0. The highest BCUT2D eigenvalue weighted by Gasteiger charge is 2.51. The number of hydrogen-bond acceptors (Lipinski definition) is 7. The maximum Gasteiger partial charge on any atom is 0.303 e. The molecule has 226 valence electrons. The van der Waals surface area contributed by atoms with Crippen molar-refractivity contribution < 1.29 is 34.3 Å². The van der Waals surface area contributed by atoms with Crippen molar-refractivity contribution in [1.82, 2.24) is 0 Å². The Bertz CT molecular complexity index is 868. The fraction of sp³-hybridized carbons (Fsp3) is 0.844. The molecule has 0 aromatic rings. The molecule has 7 heteroatoms.